The van der Waals surface area contributed by atoms with E-state index in [0.717, 1.165) is 29.7 Å². The Morgan fingerprint density at radius 1 is 1.03 bits per heavy atom. The number of nitrogens with zero attached hydrogens (tertiary/aromatic N) is 4. The van der Waals surface area contributed by atoms with Gasteiger partial charge in [-0.15, -0.1) is 0 Å². The molecule has 1 aliphatic heterocycles. The fraction of sp³-hybridized carbons (Fsp3) is 0.320. The molecule has 0 aliphatic carbocycles. The van der Waals surface area contributed by atoms with Gasteiger partial charge >= 0.3 is 0 Å². The number of carbonyl (C=O) groups is 1. The first-order chi connectivity index (χ1) is 15.5. The van der Waals surface area contributed by atoms with Gasteiger partial charge in [0.05, 0.1) is 26.0 Å². The van der Waals surface area contributed by atoms with Crippen molar-refractivity contribution in [2.45, 2.75) is 18.9 Å². The highest BCUT2D eigenvalue weighted by Crippen LogP contribution is 2.40. The standard InChI is InChI=1S/C25H28N4O3/c1-28(2)25-26-16-18(17-10-6-5-7-11-17)23(27-25)19-12-9-15-29(19)24(30)22-20(31-3)13-8-14-21(22)32-4/h5-8,10-11,13-14,16,19H,9,12,15H2,1-4H3. The Hall–Kier alpha value is -3.61. The lowest BCUT2D eigenvalue weighted by atomic mass is 9.99. The number of anilines is 1. The van der Waals surface area contributed by atoms with Crippen LogP contribution in [0.5, 0.6) is 11.5 Å². The molecule has 0 N–H and O–H groups in total. The maximum atomic E-state index is 13.8. The number of hydrogen-bond donors (Lipinski definition) is 0. The second-order valence-electron chi connectivity index (χ2n) is 7.92. The Balaban J connectivity index is 1.81. The predicted octanol–water partition coefficient (Wildman–Crippen LogP) is 4.20. The third-order valence-electron chi connectivity index (χ3n) is 5.76. The summed E-state index contributed by atoms with van der Waals surface area (Å²) in [6, 6.07) is 15.3. The van der Waals surface area contributed by atoms with Crippen LogP contribution in [0.15, 0.2) is 54.7 Å². The van der Waals surface area contributed by atoms with E-state index in [9.17, 15) is 4.79 Å². The van der Waals surface area contributed by atoms with Crippen LogP contribution in [0.2, 0.25) is 0 Å². The number of aromatic nitrogens is 2. The van der Waals surface area contributed by atoms with Gasteiger partial charge in [-0.1, -0.05) is 36.4 Å². The molecule has 7 nitrogen and oxygen atoms in total. The Morgan fingerprint density at radius 2 is 1.72 bits per heavy atom. The van der Waals surface area contributed by atoms with Crippen LogP contribution in [0.1, 0.15) is 34.9 Å². The summed E-state index contributed by atoms with van der Waals surface area (Å²) in [5, 5.41) is 0. The van der Waals surface area contributed by atoms with Crippen LogP contribution >= 0.6 is 0 Å². The molecule has 2 aromatic carbocycles. The molecule has 0 bridgehead atoms. The summed E-state index contributed by atoms with van der Waals surface area (Å²) in [7, 11) is 6.96. The Morgan fingerprint density at radius 3 is 2.34 bits per heavy atom. The third-order valence-corrected chi connectivity index (χ3v) is 5.76. The minimum absolute atomic E-state index is 0.120. The second kappa shape index (κ2) is 9.26. The van der Waals surface area contributed by atoms with Crippen LogP contribution in [0.4, 0.5) is 5.95 Å². The molecule has 0 spiro atoms. The molecule has 1 aromatic heterocycles. The maximum absolute atomic E-state index is 13.8. The molecule has 7 heteroatoms. The van der Waals surface area contributed by atoms with Gasteiger partial charge in [-0.05, 0) is 30.5 Å². The molecule has 166 valence electrons. The highest BCUT2D eigenvalue weighted by atomic mass is 16.5. The van der Waals surface area contributed by atoms with Crippen molar-refractivity contribution in [2.75, 3.05) is 39.8 Å². The zero-order valence-corrected chi connectivity index (χ0v) is 18.9. The van der Waals surface area contributed by atoms with E-state index < -0.39 is 0 Å². The van der Waals surface area contributed by atoms with Crippen molar-refractivity contribution < 1.29 is 14.3 Å². The lowest BCUT2D eigenvalue weighted by molar-refractivity contribution is 0.0726. The SMILES string of the molecule is COc1cccc(OC)c1C(=O)N1CCCC1c1nc(N(C)C)ncc1-c1ccccc1. The highest BCUT2D eigenvalue weighted by molar-refractivity contribution is 6.00. The van der Waals surface area contributed by atoms with Crippen LogP contribution in [-0.4, -0.2) is 55.6 Å². The third kappa shape index (κ3) is 3.98. The largest absolute Gasteiger partial charge is 0.496 e. The number of rotatable bonds is 6. The molecule has 0 saturated carbocycles. The van der Waals surface area contributed by atoms with Crippen molar-refractivity contribution in [2.24, 2.45) is 0 Å². The number of carbonyl (C=O) groups excluding carboxylic acids is 1. The summed E-state index contributed by atoms with van der Waals surface area (Å²) in [5.41, 5.74) is 3.26. The lowest BCUT2D eigenvalue weighted by Crippen LogP contribution is -2.32. The quantitative estimate of drug-likeness (QED) is 0.581. The molecule has 4 rings (SSSR count). The molecular weight excluding hydrogens is 404 g/mol. The molecule has 32 heavy (non-hydrogen) atoms. The Kier molecular flexibility index (Phi) is 6.25. The van der Waals surface area contributed by atoms with Gasteiger partial charge in [0.15, 0.2) is 0 Å². The lowest BCUT2D eigenvalue weighted by Gasteiger charge is -2.28. The predicted molar refractivity (Wildman–Crippen MR) is 124 cm³/mol. The molecule has 1 unspecified atom stereocenters. The zero-order valence-electron chi connectivity index (χ0n) is 18.9. The minimum Gasteiger partial charge on any atom is -0.496 e. The van der Waals surface area contributed by atoms with Crippen LogP contribution in [0.25, 0.3) is 11.1 Å². The molecule has 1 saturated heterocycles. The van der Waals surface area contributed by atoms with Gasteiger partial charge in [0.25, 0.3) is 5.91 Å². The normalized spacial score (nSPS) is 15.5. The number of likely N-dealkylation sites (tertiary alicyclic amines) is 1. The smallest absolute Gasteiger partial charge is 0.261 e. The molecule has 2 heterocycles. The van der Waals surface area contributed by atoms with Gasteiger partial charge in [-0.3, -0.25) is 4.79 Å². The molecule has 0 radical (unpaired) electrons. The Labute approximate surface area is 188 Å². The fourth-order valence-electron chi connectivity index (χ4n) is 4.19. The maximum Gasteiger partial charge on any atom is 0.261 e. The van der Waals surface area contributed by atoms with E-state index >= 15 is 0 Å². The number of ether oxygens (including phenoxy) is 2. The summed E-state index contributed by atoms with van der Waals surface area (Å²) in [4.78, 5) is 27.0. The summed E-state index contributed by atoms with van der Waals surface area (Å²) >= 11 is 0. The monoisotopic (exact) mass is 432 g/mol. The van der Waals surface area contributed by atoms with E-state index in [4.69, 9.17) is 14.5 Å². The van der Waals surface area contributed by atoms with E-state index in [-0.39, 0.29) is 11.9 Å². The number of methoxy groups -OCH3 is 2. The van der Waals surface area contributed by atoms with E-state index in [0.29, 0.717) is 29.6 Å². The summed E-state index contributed by atoms with van der Waals surface area (Å²) in [6.45, 7) is 0.639. The molecule has 1 atom stereocenters. The van der Waals surface area contributed by atoms with Crippen molar-refractivity contribution in [1.82, 2.24) is 14.9 Å². The average molecular weight is 433 g/mol. The first kappa shape index (κ1) is 21.6. The van der Waals surface area contributed by atoms with Gasteiger partial charge in [-0.25, -0.2) is 9.97 Å². The van der Waals surface area contributed by atoms with Crippen LogP contribution in [0, 0.1) is 0 Å². The number of hydrogen-bond acceptors (Lipinski definition) is 6. The minimum atomic E-state index is -0.172. The highest BCUT2D eigenvalue weighted by Gasteiger charge is 2.36. The second-order valence-corrected chi connectivity index (χ2v) is 7.92. The Bertz CT molecular complexity index is 1080. The van der Waals surface area contributed by atoms with Gasteiger partial charge in [0, 0.05) is 32.4 Å². The molecule has 3 aromatic rings. The molecular formula is C25H28N4O3. The van der Waals surface area contributed by atoms with Crippen molar-refractivity contribution >= 4 is 11.9 Å². The summed E-state index contributed by atoms with van der Waals surface area (Å²) in [5.74, 6) is 1.50. The van der Waals surface area contributed by atoms with Crippen molar-refractivity contribution in [3.63, 3.8) is 0 Å². The van der Waals surface area contributed by atoms with E-state index in [2.05, 4.69) is 4.98 Å². The van der Waals surface area contributed by atoms with Crippen LogP contribution in [-0.2, 0) is 0 Å². The summed E-state index contributed by atoms with van der Waals surface area (Å²) in [6.07, 6.45) is 3.58. The van der Waals surface area contributed by atoms with Crippen molar-refractivity contribution in [3.05, 3.63) is 66.0 Å². The molecule has 1 aliphatic rings. The van der Waals surface area contributed by atoms with Gasteiger partial charge < -0.3 is 19.3 Å². The zero-order chi connectivity index (χ0) is 22.7. The number of benzene rings is 2. The first-order valence-electron chi connectivity index (χ1n) is 10.7. The van der Waals surface area contributed by atoms with Crippen molar-refractivity contribution in [1.29, 1.82) is 0 Å². The molecule has 1 amide bonds. The van der Waals surface area contributed by atoms with Gasteiger partial charge in [0.2, 0.25) is 5.95 Å². The van der Waals surface area contributed by atoms with Gasteiger partial charge in [0.1, 0.15) is 17.1 Å². The fourth-order valence-corrected chi connectivity index (χ4v) is 4.19. The van der Waals surface area contributed by atoms with Crippen LogP contribution < -0.4 is 14.4 Å². The van der Waals surface area contributed by atoms with E-state index in [1.165, 1.54) is 0 Å². The topological polar surface area (TPSA) is 67.8 Å². The summed E-state index contributed by atoms with van der Waals surface area (Å²) < 4.78 is 11.0. The van der Waals surface area contributed by atoms with E-state index in [1.807, 2.05) is 66.5 Å². The van der Waals surface area contributed by atoms with Crippen molar-refractivity contribution in [3.8, 4) is 22.6 Å². The van der Waals surface area contributed by atoms with E-state index in [1.54, 1.807) is 26.4 Å². The first-order valence-corrected chi connectivity index (χ1v) is 10.7. The molecule has 1 fully saturated rings. The average Bonchev–Trinajstić information content (AvgIpc) is 3.33. The van der Waals surface area contributed by atoms with Gasteiger partial charge in [-0.2, -0.15) is 0 Å². The van der Waals surface area contributed by atoms with Crippen LogP contribution in [0.3, 0.4) is 0 Å². The number of amides is 1.